The van der Waals surface area contributed by atoms with Crippen LogP contribution in [0.25, 0.3) is 0 Å². The number of nitrogens with zero attached hydrogens (tertiary/aromatic N) is 2. The molecular weight excluding hydrogens is 260 g/mol. The van der Waals surface area contributed by atoms with Crippen LogP contribution in [0.1, 0.15) is 57.3 Å². The van der Waals surface area contributed by atoms with Crippen LogP contribution in [-0.2, 0) is 6.42 Å². The summed E-state index contributed by atoms with van der Waals surface area (Å²) in [6, 6.07) is 0. The maximum atomic E-state index is 6.17. The molecular formula is C15H23ClN2O. The highest BCUT2D eigenvalue weighted by atomic mass is 35.5. The zero-order valence-electron chi connectivity index (χ0n) is 12.1. The molecule has 2 rings (SSSR count). The monoisotopic (exact) mass is 282 g/mol. The van der Waals surface area contributed by atoms with Gasteiger partial charge in [-0.25, -0.2) is 4.98 Å². The number of rotatable bonds is 4. The van der Waals surface area contributed by atoms with E-state index in [2.05, 4.69) is 23.8 Å². The fourth-order valence-corrected chi connectivity index (χ4v) is 2.78. The zero-order valence-corrected chi connectivity index (χ0v) is 12.8. The third-order valence-electron chi connectivity index (χ3n) is 3.73. The number of halogens is 1. The second kappa shape index (κ2) is 6.56. The van der Waals surface area contributed by atoms with Crippen LogP contribution in [0, 0.1) is 12.8 Å². The SMILES string of the molecule is CCCc1nc(Cl)c(C)c(OC2CCCC(C)C2)n1. The summed E-state index contributed by atoms with van der Waals surface area (Å²) < 4.78 is 6.09. The maximum absolute atomic E-state index is 6.17. The molecule has 1 aromatic rings. The van der Waals surface area contributed by atoms with E-state index in [-0.39, 0.29) is 6.10 Å². The highest BCUT2D eigenvalue weighted by molar-refractivity contribution is 6.30. The van der Waals surface area contributed by atoms with Crippen LogP contribution in [0.2, 0.25) is 5.15 Å². The molecule has 0 radical (unpaired) electrons. The van der Waals surface area contributed by atoms with Crippen LogP contribution in [-0.4, -0.2) is 16.1 Å². The molecule has 1 aliphatic carbocycles. The molecule has 1 aliphatic rings. The average Bonchev–Trinajstić information content (AvgIpc) is 2.36. The van der Waals surface area contributed by atoms with Crippen molar-refractivity contribution >= 4 is 11.6 Å². The van der Waals surface area contributed by atoms with Crippen molar-refractivity contribution in [2.45, 2.75) is 65.4 Å². The second-order valence-electron chi connectivity index (χ2n) is 5.62. The molecule has 2 unspecified atom stereocenters. The highest BCUT2D eigenvalue weighted by Crippen LogP contribution is 2.29. The maximum Gasteiger partial charge on any atom is 0.221 e. The quantitative estimate of drug-likeness (QED) is 0.770. The fraction of sp³-hybridized carbons (Fsp3) is 0.733. The van der Waals surface area contributed by atoms with Gasteiger partial charge < -0.3 is 4.74 Å². The van der Waals surface area contributed by atoms with Gasteiger partial charge in [-0.2, -0.15) is 4.98 Å². The molecule has 0 N–H and O–H groups in total. The van der Waals surface area contributed by atoms with Gasteiger partial charge in [-0.05, 0) is 38.5 Å². The molecule has 0 saturated heterocycles. The Morgan fingerprint density at radius 1 is 1.32 bits per heavy atom. The number of aromatic nitrogens is 2. The lowest BCUT2D eigenvalue weighted by Crippen LogP contribution is -2.25. The molecule has 1 heterocycles. The molecule has 1 fully saturated rings. The van der Waals surface area contributed by atoms with Gasteiger partial charge in [0.1, 0.15) is 17.1 Å². The molecule has 0 bridgehead atoms. The van der Waals surface area contributed by atoms with Crippen molar-refractivity contribution in [2.75, 3.05) is 0 Å². The van der Waals surface area contributed by atoms with Gasteiger partial charge in [0.05, 0.1) is 0 Å². The second-order valence-corrected chi connectivity index (χ2v) is 5.98. The normalized spacial score (nSPS) is 23.4. The van der Waals surface area contributed by atoms with Gasteiger partial charge in [0, 0.05) is 12.0 Å². The topological polar surface area (TPSA) is 35.0 Å². The zero-order chi connectivity index (χ0) is 13.8. The molecule has 0 aromatic carbocycles. The number of aryl methyl sites for hydroxylation is 1. The first kappa shape index (κ1) is 14.6. The molecule has 1 aromatic heterocycles. The highest BCUT2D eigenvalue weighted by Gasteiger charge is 2.22. The van der Waals surface area contributed by atoms with Gasteiger partial charge in [-0.15, -0.1) is 0 Å². The van der Waals surface area contributed by atoms with Gasteiger partial charge in [0.15, 0.2) is 0 Å². The number of hydrogen-bond donors (Lipinski definition) is 0. The Bertz CT molecular complexity index is 436. The van der Waals surface area contributed by atoms with Gasteiger partial charge >= 0.3 is 0 Å². The first-order valence-electron chi connectivity index (χ1n) is 7.29. The van der Waals surface area contributed by atoms with E-state index in [1.165, 1.54) is 12.8 Å². The lowest BCUT2D eigenvalue weighted by Gasteiger charge is -2.27. The Labute approximate surface area is 120 Å². The minimum absolute atomic E-state index is 0.280. The van der Waals surface area contributed by atoms with E-state index in [0.717, 1.165) is 43.0 Å². The van der Waals surface area contributed by atoms with Crippen LogP contribution >= 0.6 is 11.6 Å². The Hall–Kier alpha value is -0.830. The standard InChI is InChI=1S/C15H23ClN2O/c1-4-6-13-17-14(16)11(3)15(18-13)19-12-8-5-7-10(2)9-12/h10,12H,4-9H2,1-3H3. The summed E-state index contributed by atoms with van der Waals surface area (Å²) in [5.41, 5.74) is 0.861. The van der Waals surface area contributed by atoms with Crippen LogP contribution in [0.3, 0.4) is 0 Å². The minimum Gasteiger partial charge on any atom is -0.474 e. The Morgan fingerprint density at radius 3 is 2.79 bits per heavy atom. The van der Waals surface area contributed by atoms with Crippen molar-refractivity contribution in [3.8, 4) is 5.88 Å². The summed E-state index contributed by atoms with van der Waals surface area (Å²) >= 11 is 6.17. The molecule has 0 aliphatic heterocycles. The summed E-state index contributed by atoms with van der Waals surface area (Å²) in [5.74, 6) is 2.21. The predicted molar refractivity (Wildman–Crippen MR) is 77.8 cm³/mol. The van der Waals surface area contributed by atoms with E-state index in [1.807, 2.05) is 6.92 Å². The Kier molecular flexibility index (Phi) is 5.03. The number of ether oxygens (including phenoxy) is 1. The van der Waals surface area contributed by atoms with Gasteiger partial charge in [-0.3, -0.25) is 0 Å². The molecule has 19 heavy (non-hydrogen) atoms. The molecule has 0 spiro atoms. The van der Waals surface area contributed by atoms with Crippen molar-refractivity contribution in [1.29, 1.82) is 0 Å². The Morgan fingerprint density at radius 2 is 2.11 bits per heavy atom. The van der Waals surface area contributed by atoms with Crippen LogP contribution in [0.4, 0.5) is 0 Å². The van der Waals surface area contributed by atoms with Crippen molar-refractivity contribution in [2.24, 2.45) is 5.92 Å². The van der Waals surface area contributed by atoms with Crippen LogP contribution < -0.4 is 4.74 Å². The summed E-state index contributed by atoms with van der Waals surface area (Å²) in [7, 11) is 0. The van der Waals surface area contributed by atoms with Gasteiger partial charge in [-0.1, -0.05) is 31.9 Å². The van der Waals surface area contributed by atoms with Gasteiger partial charge in [0.2, 0.25) is 5.88 Å². The average molecular weight is 283 g/mol. The van der Waals surface area contributed by atoms with Crippen molar-refractivity contribution in [1.82, 2.24) is 9.97 Å². The van der Waals surface area contributed by atoms with E-state index in [4.69, 9.17) is 16.3 Å². The van der Waals surface area contributed by atoms with E-state index in [9.17, 15) is 0 Å². The first-order chi connectivity index (χ1) is 9.10. The summed E-state index contributed by atoms with van der Waals surface area (Å²) in [6.45, 7) is 6.33. The predicted octanol–water partition coefficient (Wildman–Crippen LogP) is 4.35. The van der Waals surface area contributed by atoms with Gasteiger partial charge in [0.25, 0.3) is 0 Å². The van der Waals surface area contributed by atoms with E-state index >= 15 is 0 Å². The smallest absolute Gasteiger partial charge is 0.221 e. The van der Waals surface area contributed by atoms with E-state index in [0.29, 0.717) is 11.0 Å². The third kappa shape index (κ3) is 3.82. The molecule has 2 atom stereocenters. The van der Waals surface area contributed by atoms with Crippen LogP contribution in [0.15, 0.2) is 0 Å². The summed E-state index contributed by atoms with van der Waals surface area (Å²) in [6.07, 6.45) is 6.92. The molecule has 3 nitrogen and oxygen atoms in total. The first-order valence-corrected chi connectivity index (χ1v) is 7.67. The summed E-state index contributed by atoms with van der Waals surface area (Å²) in [4.78, 5) is 8.83. The molecule has 106 valence electrons. The Balaban J connectivity index is 2.14. The third-order valence-corrected chi connectivity index (χ3v) is 4.10. The summed E-state index contributed by atoms with van der Waals surface area (Å²) in [5, 5.41) is 0.525. The largest absolute Gasteiger partial charge is 0.474 e. The van der Waals surface area contributed by atoms with Crippen molar-refractivity contribution < 1.29 is 4.74 Å². The number of hydrogen-bond acceptors (Lipinski definition) is 3. The van der Waals surface area contributed by atoms with Crippen molar-refractivity contribution in [3.63, 3.8) is 0 Å². The minimum atomic E-state index is 0.280. The van der Waals surface area contributed by atoms with E-state index in [1.54, 1.807) is 0 Å². The van der Waals surface area contributed by atoms with Crippen molar-refractivity contribution in [3.05, 3.63) is 16.5 Å². The molecule has 1 saturated carbocycles. The lowest BCUT2D eigenvalue weighted by atomic mass is 9.89. The molecule has 4 heteroatoms. The molecule has 0 amide bonds. The lowest BCUT2D eigenvalue weighted by molar-refractivity contribution is 0.122. The fourth-order valence-electron chi connectivity index (χ4n) is 2.60. The van der Waals surface area contributed by atoms with E-state index < -0.39 is 0 Å². The van der Waals surface area contributed by atoms with Crippen LogP contribution in [0.5, 0.6) is 5.88 Å².